The summed E-state index contributed by atoms with van der Waals surface area (Å²) in [5, 5.41) is 15.9. The summed E-state index contributed by atoms with van der Waals surface area (Å²) in [6.45, 7) is 7.68. The Balaban J connectivity index is 2.49. The molecule has 0 saturated carbocycles. The molecule has 0 aliphatic carbocycles. The molecule has 0 fully saturated rings. The van der Waals surface area contributed by atoms with Crippen LogP contribution in [0.4, 0.5) is 4.39 Å². The Morgan fingerprint density at radius 1 is 1.39 bits per heavy atom. The van der Waals surface area contributed by atoms with Crippen molar-refractivity contribution in [1.82, 2.24) is 9.78 Å². The zero-order valence-corrected chi connectivity index (χ0v) is 14.0. The van der Waals surface area contributed by atoms with Crippen molar-refractivity contribution in [2.24, 2.45) is 0 Å². The molecule has 0 amide bonds. The van der Waals surface area contributed by atoms with Gasteiger partial charge in [-0.3, -0.25) is 4.68 Å². The van der Waals surface area contributed by atoms with Crippen molar-refractivity contribution in [3.63, 3.8) is 0 Å². The summed E-state index contributed by atoms with van der Waals surface area (Å²) in [4.78, 5) is 11.4. The van der Waals surface area contributed by atoms with Crippen LogP contribution in [-0.2, 0) is 11.2 Å². The van der Waals surface area contributed by atoms with Crippen LogP contribution in [0.2, 0.25) is 0 Å². The Labute approximate surface area is 136 Å². The van der Waals surface area contributed by atoms with Gasteiger partial charge in [-0.2, -0.15) is 5.10 Å². The van der Waals surface area contributed by atoms with Crippen molar-refractivity contribution in [2.75, 3.05) is 0 Å². The first-order valence-electron chi connectivity index (χ1n) is 7.88. The van der Waals surface area contributed by atoms with E-state index in [0.717, 1.165) is 22.5 Å². The molecule has 1 aromatic carbocycles. The molecule has 5 heteroatoms. The van der Waals surface area contributed by atoms with Gasteiger partial charge in [0.2, 0.25) is 0 Å². The average Bonchev–Trinajstić information content (AvgIpc) is 2.78. The van der Waals surface area contributed by atoms with Crippen LogP contribution in [0.5, 0.6) is 0 Å². The third kappa shape index (κ3) is 3.60. The lowest BCUT2D eigenvalue weighted by molar-refractivity contribution is -0.310. The smallest absolute Gasteiger partial charge is 0.123 e. The number of halogens is 1. The minimum atomic E-state index is -1.13. The van der Waals surface area contributed by atoms with E-state index in [2.05, 4.69) is 5.10 Å². The zero-order valence-electron chi connectivity index (χ0n) is 14.0. The van der Waals surface area contributed by atoms with E-state index in [-0.39, 0.29) is 11.7 Å². The molecule has 0 bridgehead atoms. The Kier molecular flexibility index (Phi) is 5.19. The summed E-state index contributed by atoms with van der Waals surface area (Å²) < 4.78 is 15.0. The topological polar surface area (TPSA) is 57.9 Å². The van der Waals surface area contributed by atoms with E-state index < -0.39 is 12.0 Å². The zero-order chi connectivity index (χ0) is 17.1. The first-order valence-corrected chi connectivity index (χ1v) is 7.88. The van der Waals surface area contributed by atoms with Crippen LogP contribution >= 0.6 is 0 Å². The van der Waals surface area contributed by atoms with Crippen LogP contribution in [0.3, 0.4) is 0 Å². The van der Waals surface area contributed by atoms with Gasteiger partial charge in [0.15, 0.2) is 0 Å². The number of carbonyl (C=O) groups excluding carboxylic acids is 1. The van der Waals surface area contributed by atoms with Crippen molar-refractivity contribution < 1.29 is 14.3 Å². The molecule has 0 saturated heterocycles. The summed E-state index contributed by atoms with van der Waals surface area (Å²) in [6.07, 6.45) is 0.933. The summed E-state index contributed by atoms with van der Waals surface area (Å²) in [5.74, 6) is -1.26. The van der Waals surface area contributed by atoms with Gasteiger partial charge in [-0.25, -0.2) is 4.39 Å². The number of aromatic nitrogens is 2. The van der Waals surface area contributed by atoms with Crippen molar-refractivity contribution in [2.45, 2.75) is 52.5 Å². The molecule has 0 radical (unpaired) electrons. The van der Waals surface area contributed by atoms with Crippen LogP contribution in [0.15, 0.2) is 24.3 Å². The number of carbonyl (C=O) groups is 1. The fraction of sp³-hybridized carbons (Fsp3) is 0.444. The predicted molar refractivity (Wildman–Crippen MR) is 84.6 cm³/mol. The van der Waals surface area contributed by atoms with Gasteiger partial charge in [-0.15, -0.1) is 0 Å². The summed E-state index contributed by atoms with van der Waals surface area (Å²) in [7, 11) is 0. The van der Waals surface area contributed by atoms with Crippen molar-refractivity contribution in [3.8, 4) is 0 Å². The second kappa shape index (κ2) is 6.94. The summed E-state index contributed by atoms with van der Waals surface area (Å²) in [5.41, 5.74) is 3.46. The molecule has 1 heterocycles. The van der Waals surface area contributed by atoms with E-state index in [4.69, 9.17) is 0 Å². The van der Waals surface area contributed by atoms with Crippen LogP contribution < -0.4 is 5.11 Å². The molecule has 2 aromatic rings. The molecule has 4 nitrogen and oxygen atoms in total. The molecule has 0 aliphatic heterocycles. The van der Waals surface area contributed by atoms with Crippen LogP contribution in [0.25, 0.3) is 0 Å². The second-order valence-corrected chi connectivity index (χ2v) is 6.10. The minimum Gasteiger partial charge on any atom is -0.548 e. The fourth-order valence-corrected chi connectivity index (χ4v) is 2.85. The largest absolute Gasteiger partial charge is 0.548 e. The maximum absolute atomic E-state index is 13.4. The van der Waals surface area contributed by atoms with E-state index >= 15 is 0 Å². The van der Waals surface area contributed by atoms with E-state index in [0.29, 0.717) is 12.8 Å². The standard InChI is InChI=1S/C18H23FN2O2/c1-5-16(18(22)23)21-12(4)15(17(20-21)11(2)3)10-13-7-6-8-14(19)9-13/h6-9,11,16H,5,10H2,1-4H3,(H,22,23)/p-1. The first-order chi connectivity index (χ1) is 10.8. The van der Waals surface area contributed by atoms with Gasteiger partial charge in [-0.05, 0) is 37.0 Å². The second-order valence-electron chi connectivity index (χ2n) is 6.10. The molecule has 23 heavy (non-hydrogen) atoms. The summed E-state index contributed by atoms with van der Waals surface area (Å²) in [6, 6.07) is 5.66. The highest BCUT2D eigenvalue weighted by Crippen LogP contribution is 2.27. The number of aliphatic carboxylic acids is 1. The Morgan fingerprint density at radius 2 is 2.09 bits per heavy atom. The lowest BCUT2D eigenvalue weighted by Gasteiger charge is -2.18. The quantitative estimate of drug-likeness (QED) is 0.823. The molecule has 0 aliphatic rings. The predicted octanol–water partition coefficient (Wildman–Crippen LogP) is 2.75. The lowest BCUT2D eigenvalue weighted by Crippen LogP contribution is -2.34. The Morgan fingerprint density at radius 3 is 2.61 bits per heavy atom. The van der Waals surface area contributed by atoms with Crippen LogP contribution in [0.1, 0.15) is 61.7 Å². The van der Waals surface area contributed by atoms with E-state index in [1.807, 2.05) is 26.8 Å². The molecule has 2 rings (SSSR count). The van der Waals surface area contributed by atoms with Gasteiger partial charge < -0.3 is 9.90 Å². The molecule has 1 unspecified atom stereocenters. The lowest BCUT2D eigenvalue weighted by atomic mass is 9.98. The highest BCUT2D eigenvalue weighted by atomic mass is 19.1. The van der Waals surface area contributed by atoms with Gasteiger partial charge in [0.1, 0.15) is 5.82 Å². The van der Waals surface area contributed by atoms with Gasteiger partial charge >= 0.3 is 0 Å². The van der Waals surface area contributed by atoms with Crippen molar-refractivity contribution in [1.29, 1.82) is 0 Å². The SMILES string of the molecule is CCC(C(=O)[O-])n1nc(C(C)C)c(Cc2cccc(F)c2)c1C. The van der Waals surface area contributed by atoms with Gasteiger partial charge in [0, 0.05) is 17.7 Å². The van der Waals surface area contributed by atoms with Crippen LogP contribution in [-0.4, -0.2) is 15.7 Å². The van der Waals surface area contributed by atoms with E-state index in [1.54, 1.807) is 17.7 Å². The number of rotatable bonds is 6. The molecule has 1 aromatic heterocycles. The summed E-state index contributed by atoms with van der Waals surface area (Å²) >= 11 is 0. The average molecular weight is 317 g/mol. The maximum Gasteiger partial charge on any atom is 0.123 e. The van der Waals surface area contributed by atoms with E-state index in [9.17, 15) is 14.3 Å². The fourth-order valence-electron chi connectivity index (χ4n) is 2.85. The van der Waals surface area contributed by atoms with E-state index in [1.165, 1.54) is 12.1 Å². The number of benzene rings is 1. The number of hydrogen-bond acceptors (Lipinski definition) is 3. The molecule has 0 spiro atoms. The highest BCUT2D eigenvalue weighted by Gasteiger charge is 2.22. The maximum atomic E-state index is 13.4. The third-order valence-electron chi connectivity index (χ3n) is 4.08. The van der Waals surface area contributed by atoms with Gasteiger partial charge in [-0.1, -0.05) is 32.9 Å². The molecular formula is C18H22FN2O2-. The van der Waals surface area contributed by atoms with Crippen LogP contribution in [0, 0.1) is 12.7 Å². The first kappa shape index (κ1) is 17.2. The normalized spacial score (nSPS) is 12.6. The Bertz CT molecular complexity index is 707. The van der Waals surface area contributed by atoms with Gasteiger partial charge in [0.05, 0.1) is 17.7 Å². The monoisotopic (exact) mass is 317 g/mol. The number of nitrogens with zero attached hydrogens (tertiary/aromatic N) is 2. The molecule has 124 valence electrons. The minimum absolute atomic E-state index is 0.151. The molecular weight excluding hydrogens is 295 g/mol. The number of carboxylic acid groups (broad SMARTS) is 1. The van der Waals surface area contributed by atoms with Gasteiger partial charge in [0.25, 0.3) is 0 Å². The molecule has 1 atom stereocenters. The number of hydrogen-bond donors (Lipinski definition) is 0. The van der Waals surface area contributed by atoms with Crippen molar-refractivity contribution in [3.05, 3.63) is 52.6 Å². The Hall–Kier alpha value is -2.17. The highest BCUT2D eigenvalue weighted by molar-refractivity contribution is 5.69. The third-order valence-corrected chi connectivity index (χ3v) is 4.08. The molecule has 0 N–H and O–H groups in total. The number of carboxylic acids is 1. The van der Waals surface area contributed by atoms with Crippen molar-refractivity contribution >= 4 is 5.97 Å².